The van der Waals surface area contributed by atoms with Crippen molar-refractivity contribution in [3.8, 4) is 0 Å². The number of benzene rings is 1. The monoisotopic (exact) mass is 348 g/mol. The molecule has 1 aliphatic heterocycles. The van der Waals surface area contributed by atoms with E-state index in [2.05, 4.69) is 9.62 Å². The van der Waals surface area contributed by atoms with E-state index >= 15 is 0 Å². The van der Waals surface area contributed by atoms with Gasteiger partial charge < -0.3 is 4.74 Å². The average Bonchev–Trinajstić information content (AvgIpc) is 2.45. The Morgan fingerprint density at radius 1 is 1.27 bits per heavy atom. The SMILES string of the molecule is CS(=O)(=O)Nc1ccccc1C(=O)CCN1CCOCC1.Cl. The third-order valence-corrected chi connectivity index (χ3v) is 3.87. The van der Waals surface area contributed by atoms with Gasteiger partial charge in [0.2, 0.25) is 10.0 Å². The molecule has 0 saturated carbocycles. The van der Waals surface area contributed by atoms with Crippen LogP contribution in [0.2, 0.25) is 0 Å². The Balaban J connectivity index is 0.00000242. The first kappa shape index (κ1) is 18.9. The van der Waals surface area contributed by atoms with Crippen molar-refractivity contribution in [3.63, 3.8) is 0 Å². The lowest BCUT2D eigenvalue weighted by atomic mass is 10.1. The van der Waals surface area contributed by atoms with Crippen LogP contribution in [0.15, 0.2) is 24.3 Å². The highest BCUT2D eigenvalue weighted by atomic mass is 35.5. The number of para-hydroxylation sites is 1. The number of nitrogens with zero attached hydrogens (tertiary/aromatic N) is 1. The maximum atomic E-state index is 12.3. The third-order valence-electron chi connectivity index (χ3n) is 3.28. The standard InChI is InChI=1S/C14H20N2O4S.ClH/c1-21(18,19)15-13-5-3-2-4-12(13)14(17)6-7-16-8-10-20-11-9-16;/h2-5,15H,6-11H2,1H3;1H. The van der Waals surface area contributed by atoms with Gasteiger partial charge in [0, 0.05) is 31.6 Å². The molecule has 0 aromatic heterocycles. The van der Waals surface area contributed by atoms with Crippen molar-refractivity contribution in [2.75, 3.05) is 43.8 Å². The molecule has 1 aromatic rings. The van der Waals surface area contributed by atoms with Crippen molar-refractivity contribution in [1.29, 1.82) is 0 Å². The van der Waals surface area contributed by atoms with Crippen LogP contribution in [0, 0.1) is 0 Å². The van der Waals surface area contributed by atoms with Gasteiger partial charge in [-0.1, -0.05) is 12.1 Å². The number of Topliss-reactive ketones (excluding diaryl/α,β-unsaturated/α-hetero) is 1. The summed E-state index contributed by atoms with van der Waals surface area (Å²) in [6.07, 6.45) is 1.43. The number of anilines is 1. The van der Waals surface area contributed by atoms with E-state index in [9.17, 15) is 13.2 Å². The number of rotatable bonds is 6. The molecule has 124 valence electrons. The van der Waals surface area contributed by atoms with Crippen molar-refractivity contribution in [2.45, 2.75) is 6.42 Å². The van der Waals surface area contributed by atoms with Crippen LogP contribution in [0.25, 0.3) is 0 Å². The second-order valence-corrected chi connectivity index (χ2v) is 6.80. The second kappa shape index (κ2) is 8.47. The van der Waals surface area contributed by atoms with Crippen LogP contribution in [0.4, 0.5) is 5.69 Å². The number of morpholine rings is 1. The Bertz CT molecular complexity index is 601. The average molecular weight is 349 g/mol. The largest absolute Gasteiger partial charge is 0.379 e. The van der Waals surface area contributed by atoms with Gasteiger partial charge in [-0.25, -0.2) is 8.42 Å². The second-order valence-electron chi connectivity index (χ2n) is 5.05. The number of sulfonamides is 1. The number of hydrogen-bond donors (Lipinski definition) is 1. The Morgan fingerprint density at radius 2 is 1.91 bits per heavy atom. The van der Waals surface area contributed by atoms with Gasteiger partial charge in [-0.05, 0) is 12.1 Å². The van der Waals surface area contributed by atoms with Gasteiger partial charge in [-0.2, -0.15) is 0 Å². The van der Waals surface area contributed by atoms with Crippen LogP contribution in [-0.2, 0) is 14.8 Å². The van der Waals surface area contributed by atoms with E-state index in [0.29, 0.717) is 37.4 Å². The molecule has 0 unspecified atom stereocenters. The van der Waals surface area contributed by atoms with Crippen LogP contribution < -0.4 is 4.72 Å². The third kappa shape index (κ3) is 5.92. The zero-order valence-electron chi connectivity index (χ0n) is 12.4. The van der Waals surface area contributed by atoms with Crippen LogP contribution in [0.5, 0.6) is 0 Å². The summed E-state index contributed by atoms with van der Waals surface area (Å²) in [7, 11) is -3.40. The first-order chi connectivity index (χ1) is 9.96. The van der Waals surface area contributed by atoms with Gasteiger partial charge in [0.1, 0.15) is 0 Å². The van der Waals surface area contributed by atoms with E-state index < -0.39 is 10.0 Å². The lowest BCUT2D eigenvalue weighted by Gasteiger charge is -2.26. The molecule has 0 bridgehead atoms. The predicted molar refractivity (Wildman–Crippen MR) is 88.4 cm³/mol. The molecule has 0 spiro atoms. The molecule has 1 saturated heterocycles. The van der Waals surface area contributed by atoms with E-state index in [-0.39, 0.29) is 18.2 Å². The van der Waals surface area contributed by atoms with Crippen LogP contribution in [-0.4, -0.2) is 58.2 Å². The normalized spacial score (nSPS) is 15.9. The maximum Gasteiger partial charge on any atom is 0.229 e. The van der Waals surface area contributed by atoms with E-state index in [0.717, 1.165) is 19.3 Å². The first-order valence-corrected chi connectivity index (χ1v) is 8.75. The molecular formula is C14H21ClN2O4S. The molecule has 0 atom stereocenters. The topological polar surface area (TPSA) is 75.7 Å². The highest BCUT2D eigenvalue weighted by Gasteiger charge is 2.16. The van der Waals surface area contributed by atoms with Crippen LogP contribution in [0.1, 0.15) is 16.8 Å². The lowest BCUT2D eigenvalue weighted by Crippen LogP contribution is -2.37. The smallest absolute Gasteiger partial charge is 0.229 e. The maximum absolute atomic E-state index is 12.3. The highest BCUT2D eigenvalue weighted by Crippen LogP contribution is 2.18. The molecule has 1 heterocycles. The number of ether oxygens (including phenoxy) is 1. The number of carbonyl (C=O) groups is 1. The first-order valence-electron chi connectivity index (χ1n) is 6.86. The summed E-state index contributed by atoms with van der Waals surface area (Å²) >= 11 is 0. The number of hydrogen-bond acceptors (Lipinski definition) is 5. The summed E-state index contributed by atoms with van der Waals surface area (Å²) < 4.78 is 30.3. The van der Waals surface area contributed by atoms with Gasteiger partial charge in [0.05, 0.1) is 25.2 Å². The van der Waals surface area contributed by atoms with Crippen molar-refractivity contribution < 1.29 is 17.9 Å². The molecule has 0 aliphatic carbocycles. The number of nitrogens with one attached hydrogen (secondary N) is 1. The Morgan fingerprint density at radius 3 is 2.55 bits per heavy atom. The van der Waals surface area contributed by atoms with E-state index in [1.165, 1.54) is 0 Å². The van der Waals surface area contributed by atoms with Crippen molar-refractivity contribution >= 4 is 33.9 Å². The van der Waals surface area contributed by atoms with E-state index in [1.807, 2.05) is 0 Å². The van der Waals surface area contributed by atoms with E-state index in [4.69, 9.17) is 4.74 Å². The Hall–Kier alpha value is -1.15. The Labute approximate surface area is 137 Å². The van der Waals surface area contributed by atoms with Gasteiger partial charge in [-0.15, -0.1) is 12.4 Å². The molecule has 1 N–H and O–H groups in total. The molecule has 0 amide bonds. The zero-order valence-corrected chi connectivity index (χ0v) is 14.1. The van der Waals surface area contributed by atoms with Crippen molar-refractivity contribution in [2.24, 2.45) is 0 Å². The van der Waals surface area contributed by atoms with Gasteiger partial charge in [0.15, 0.2) is 5.78 Å². The number of halogens is 1. The minimum Gasteiger partial charge on any atom is -0.379 e. The van der Waals surface area contributed by atoms with Crippen LogP contribution in [0.3, 0.4) is 0 Å². The fraction of sp³-hybridized carbons (Fsp3) is 0.500. The molecule has 8 heteroatoms. The quantitative estimate of drug-likeness (QED) is 0.786. The summed E-state index contributed by atoms with van der Waals surface area (Å²) in [6, 6.07) is 6.68. The lowest BCUT2D eigenvalue weighted by molar-refractivity contribution is 0.0370. The van der Waals surface area contributed by atoms with Crippen LogP contribution >= 0.6 is 12.4 Å². The van der Waals surface area contributed by atoms with Gasteiger partial charge >= 0.3 is 0 Å². The molecule has 2 rings (SSSR count). The van der Waals surface area contributed by atoms with Crippen molar-refractivity contribution in [3.05, 3.63) is 29.8 Å². The molecule has 0 radical (unpaired) electrons. The minimum atomic E-state index is -3.40. The molecule has 1 fully saturated rings. The van der Waals surface area contributed by atoms with Crippen molar-refractivity contribution in [1.82, 2.24) is 4.90 Å². The zero-order chi connectivity index (χ0) is 15.3. The summed E-state index contributed by atoms with van der Waals surface area (Å²) in [4.78, 5) is 14.5. The fourth-order valence-electron chi connectivity index (χ4n) is 2.23. The summed E-state index contributed by atoms with van der Waals surface area (Å²) in [5, 5.41) is 0. The minimum absolute atomic E-state index is 0. The molecule has 1 aromatic carbocycles. The number of carbonyl (C=O) groups excluding carboxylic acids is 1. The Kier molecular flexibility index (Phi) is 7.28. The summed E-state index contributed by atoms with van der Waals surface area (Å²) in [5.41, 5.74) is 0.753. The molecule has 1 aliphatic rings. The van der Waals surface area contributed by atoms with E-state index in [1.54, 1.807) is 24.3 Å². The summed E-state index contributed by atoms with van der Waals surface area (Å²) in [5.74, 6) is -0.0618. The molecule has 6 nitrogen and oxygen atoms in total. The predicted octanol–water partition coefficient (Wildman–Crippen LogP) is 1.38. The summed E-state index contributed by atoms with van der Waals surface area (Å²) in [6.45, 7) is 3.71. The molecular weight excluding hydrogens is 328 g/mol. The number of ketones is 1. The van der Waals surface area contributed by atoms with Gasteiger partial charge in [0.25, 0.3) is 0 Å². The fourth-order valence-corrected chi connectivity index (χ4v) is 2.81. The van der Waals surface area contributed by atoms with Gasteiger partial charge in [-0.3, -0.25) is 14.4 Å². The molecule has 22 heavy (non-hydrogen) atoms. The highest BCUT2D eigenvalue weighted by molar-refractivity contribution is 7.92.